The number of carboxylic acids is 1. The number of hydrazine groups is 1. The van der Waals surface area contributed by atoms with Gasteiger partial charge in [0.05, 0.1) is 34.7 Å². The molecule has 7 rings (SSSR count). The molecule has 19 heteroatoms. The monoisotopic (exact) mass is 755 g/mol. The second-order valence-corrected chi connectivity index (χ2v) is 15.5. The zero-order valence-corrected chi connectivity index (χ0v) is 29.7. The molecular weight excluding hydrogens is 726 g/mol. The number of aromatic nitrogens is 3. The summed E-state index contributed by atoms with van der Waals surface area (Å²) in [6, 6.07) is 4.81. The summed E-state index contributed by atoms with van der Waals surface area (Å²) >= 11 is 9.97. The SMILES string of the molecule is CO/N=C(\C(=O)N[C@@H]1C(=O)N2C(C(=O)[O-])=C(C[n+]3ccc4c(ccn4Cc4cc(C(=O)NN5CCCC5)cs4)c3)CS[C@H]12)c1nc(N)sc1Cl. The van der Waals surface area contributed by atoms with Gasteiger partial charge in [-0.1, -0.05) is 28.1 Å². The number of pyridine rings is 1. The minimum atomic E-state index is -1.48. The Labute approximate surface area is 302 Å². The number of fused-ring (bicyclic) bond motifs is 2. The summed E-state index contributed by atoms with van der Waals surface area (Å²) in [5, 5.41) is 22.9. The number of carbonyl (C=O) groups is 4. The molecule has 2 atom stereocenters. The number of aliphatic carboxylic acids is 1. The average molecular weight is 756 g/mol. The van der Waals surface area contributed by atoms with E-state index in [0.717, 1.165) is 57.9 Å². The molecule has 3 aliphatic rings. The van der Waals surface area contributed by atoms with Gasteiger partial charge in [-0.15, -0.1) is 23.1 Å². The van der Waals surface area contributed by atoms with Gasteiger partial charge in [-0.05, 0) is 25.0 Å². The first-order valence-electron chi connectivity index (χ1n) is 15.4. The van der Waals surface area contributed by atoms with Gasteiger partial charge in [-0.2, -0.15) is 0 Å². The first-order valence-corrected chi connectivity index (χ1v) is 18.6. The summed E-state index contributed by atoms with van der Waals surface area (Å²) in [6.07, 6.45) is 7.91. The van der Waals surface area contributed by atoms with Gasteiger partial charge in [-0.3, -0.25) is 24.7 Å². The fraction of sp³-hybridized carbons (Fsp3) is 0.323. The standard InChI is InChI=1S/C31H30ClN9O6S3/c1-47-37-22(21-25(32)50-31(33)35-21)27(43)34-23-28(44)41-24(30(45)46)18(15-49-29(23)41)12-38-8-5-20-16(11-38)4-9-39(20)13-19-10-17(14-48-19)26(42)36-40-6-2-3-7-40/h4-5,8-11,14,23,29H,2-3,6-7,12-13,15H2,1H3,(H4-,33,34,35,36,42,43,45,46)/b37-22-/t23-,29-/m1/s1. The third-order valence-corrected chi connectivity index (χ3v) is 11.8. The van der Waals surface area contributed by atoms with Crippen LogP contribution in [0.3, 0.4) is 0 Å². The molecule has 2 saturated heterocycles. The van der Waals surface area contributed by atoms with Crippen LogP contribution in [0.15, 0.2) is 58.6 Å². The Morgan fingerprint density at radius 2 is 2.06 bits per heavy atom. The summed E-state index contributed by atoms with van der Waals surface area (Å²) in [5.74, 6) is -2.67. The number of hydrogen-bond acceptors (Lipinski definition) is 13. The Morgan fingerprint density at radius 3 is 2.78 bits per heavy atom. The minimum Gasteiger partial charge on any atom is -0.543 e. The van der Waals surface area contributed by atoms with Crippen molar-refractivity contribution in [3.05, 3.63) is 73.9 Å². The van der Waals surface area contributed by atoms with Crippen LogP contribution in [0.2, 0.25) is 4.34 Å². The summed E-state index contributed by atoms with van der Waals surface area (Å²) in [6.45, 7) is 2.54. The second-order valence-electron chi connectivity index (χ2n) is 11.7. The van der Waals surface area contributed by atoms with Gasteiger partial charge in [0.2, 0.25) is 0 Å². The number of carbonyl (C=O) groups excluding carboxylic acids is 4. The van der Waals surface area contributed by atoms with Gasteiger partial charge in [0.15, 0.2) is 29.8 Å². The Bertz CT molecular complexity index is 2090. The molecule has 2 fully saturated rings. The Balaban J connectivity index is 1.03. The largest absolute Gasteiger partial charge is 0.543 e. The number of halogens is 1. The molecule has 0 aromatic carbocycles. The molecule has 50 heavy (non-hydrogen) atoms. The van der Waals surface area contributed by atoms with Crippen molar-refractivity contribution in [1.82, 2.24) is 30.2 Å². The Hall–Kier alpha value is -4.49. The maximum atomic E-state index is 13.3. The highest BCUT2D eigenvalue weighted by Gasteiger charge is 2.53. The van der Waals surface area contributed by atoms with Gasteiger partial charge >= 0.3 is 0 Å². The number of nitrogens with two attached hydrogens (primary N) is 1. The van der Waals surface area contributed by atoms with Gasteiger partial charge in [0, 0.05) is 46.9 Å². The summed E-state index contributed by atoms with van der Waals surface area (Å²) < 4.78 is 4.07. The highest BCUT2D eigenvalue weighted by molar-refractivity contribution is 8.00. The average Bonchev–Trinajstić information content (AvgIpc) is 3.91. The van der Waals surface area contributed by atoms with Gasteiger partial charge in [-0.25, -0.2) is 14.6 Å². The molecule has 0 bridgehead atoms. The van der Waals surface area contributed by atoms with Crippen LogP contribution in [0.4, 0.5) is 5.13 Å². The van der Waals surface area contributed by atoms with Crippen LogP contribution in [0.5, 0.6) is 0 Å². The molecular formula is C31H30ClN9O6S3. The van der Waals surface area contributed by atoms with Crippen LogP contribution in [0, 0.1) is 0 Å². The molecule has 0 spiro atoms. The van der Waals surface area contributed by atoms with Crippen molar-refractivity contribution in [3.63, 3.8) is 0 Å². The lowest BCUT2D eigenvalue weighted by Crippen LogP contribution is -2.71. The number of thioether (sulfide) groups is 1. The molecule has 3 aliphatic heterocycles. The number of carboxylic acid groups (broad SMARTS) is 1. The molecule has 4 N–H and O–H groups in total. The molecule has 0 aliphatic carbocycles. The third kappa shape index (κ3) is 6.56. The topological polar surface area (TPSA) is 191 Å². The van der Waals surface area contributed by atoms with Crippen molar-refractivity contribution >= 4 is 91.5 Å². The van der Waals surface area contributed by atoms with Gasteiger partial charge in [0.25, 0.3) is 17.7 Å². The molecule has 3 amide bonds. The van der Waals surface area contributed by atoms with Gasteiger partial charge < -0.3 is 30.4 Å². The number of thiophene rings is 1. The van der Waals surface area contributed by atoms with Crippen LogP contribution in [0.1, 0.15) is 33.8 Å². The van der Waals surface area contributed by atoms with Crippen LogP contribution >= 0.6 is 46.0 Å². The lowest BCUT2D eigenvalue weighted by Gasteiger charge is -2.50. The van der Waals surface area contributed by atoms with Crippen LogP contribution < -0.4 is 26.1 Å². The number of anilines is 1. The molecule has 0 saturated carbocycles. The zero-order valence-electron chi connectivity index (χ0n) is 26.5. The van der Waals surface area contributed by atoms with E-state index in [2.05, 4.69) is 25.4 Å². The van der Waals surface area contributed by atoms with Crippen LogP contribution in [0.25, 0.3) is 10.9 Å². The van der Waals surface area contributed by atoms with Crippen molar-refractivity contribution in [3.8, 4) is 0 Å². The van der Waals surface area contributed by atoms with Crippen molar-refractivity contribution in [2.24, 2.45) is 5.16 Å². The summed E-state index contributed by atoms with van der Waals surface area (Å²) in [7, 11) is 1.24. The molecule has 4 aromatic rings. The fourth-order valence-corrected chi connectivity index (χ4v) is 9.31. The van der Waals surface area contributed by atoms with Crippen molar-refractivity contribution in [2.45, 2.75) is 37.3 Å². The predicted octanol–water partition coefficient (Wildman–Crippen LogP) is 0.926. The van der Waals surface area contributed by atoms with E-state index in [1.165, 1.54) is 30.2 Å². The zero-order chi connectivity index (χ0) is 35.1. The molecule has 0 radical (unpaired) electrons. The fourth-order valence-electron chi connectivity index (χ4n) is 6.18. The quantitative estimate of drug-likeness (QED) is 0.0859. The normalized spacial score (nSPS) is 19.4. The first kappa shape index (κ1) is 34.0. The lowest BCUT2D eigenvalue weighted by atomic mass is 10.0. The Kier molecular flexibility index (Phi) is 9.53. The Morgan fingerprint density at radius 1 is 1.26 bits per heavy atom. The van der Waals surface area contributed by atoms with E-state index < -0.39 is 29.2 Å². The molecule has 4 aromatic heterocycles. The predicted molar refractivity (Wildman–Crippen MR) is 186 cm³/mol. The van der Waals surface area contributed by atoms with Crippen molar-refractivity contribution < 1.29 is 33.7 Å². The van der Waals surface area contributed by atoms with Crippen molar-refractivity contribution in [1.29, 1.82) is 0 Å². The molecule has 7 heterocycles. The maximum absolute atomic E-state index is 13.3. The number of rotatable bonds is 11. The summed E-state index contributed by atoms with van der Waals surface area (Å²) in [4.78, 5) is 62.5. The van der Waals surface area contributed by atoms with E-state index >= 15 is 0 Å². The smallest absolute Gasteiger partial charge is 0.276 e. The van der Waals surface area contributed by atoms with Crippen LogP contribution in [-0.2, 0) is 32.3 Å². The number of nitrogen functional groups attached to an aromatic ring is 1. The number of thiazole rings is 1. The van der Waals surface area contributed by atoms with E-state index in [1.807, 2.05) is 51.7 Å². The second kappa shape index (κ2) is 14.0. The van der Waals surface area contributed by atoms with E-state index in [4.69, 9.17) is 22.2 Å². The highest BCUT2D eigenvalue weighted by atomic mass is 35.5. The maximum Gasteiger partial charge on any atom is 0.276 e. The number of hydrogen-bond donors (Lipinski definition) is 3. The number of nitrogens with zero attached hydrogens (tertiary/aromatic N) is 6. The van der Waals surface area contributed by atoms with Gasteiger partial charge in [0.1, 0.15) is 28.6 Å². The number of amides is 3. The van der Waals surface area contributed by atoms with E-state index in [0.29, 0.717) is 17.7 Å². The lowest BCUT2D eigenvalue weighted by molar-refractivity contribution is -0.687. The summed E-state index contributed by atoms with van der Waals surface area (Å²) in [5.41, 5.74) is 10.3. The number of β-lactam (4-membered cyclic amide) rings is 1. The third-order valence-electron chi connectivity index (χ3n) is 8.50. The van der Waals surface area contributed by atoms with E-state index in [-0.39, 0.29) is 44.8 Å². The molecule has 0 unspecified atom stereocenters. The van der Waals surface area contributed by atoms with E-state index in [9.17, 15) is 24.3 Å². The van der Waals surface area contributed by atoms with E-state index in [1.54, 1.807) is 0 Å². The number of oxime groups is 1. The highest BCUT2D eigenvalue weighted by Crippen LogP contribution is 2.40. The minimum absolute atomic E-state index is 0.00774. The van der Waals surface area contributed by atoms with Crippen LogP contribution in [-0.4, -0.2) is 86.2 Å². The molecule has 260 valence electrons. The molecule has 15 nitrogen and oxygen atoms in total. The number of nitrogens with one attached hydrogen (secondary N) is 2. The first-order chi connectivity index (χ1) is 24.1. The van der Waals surface area contributed by atoms with Crippen molar-refractivity contribution in [2.75, 3.05) is 31.7 Å².